The Hall–Kier alpha value is -1.50. The lowest BCUT2D eigenvalue weighted by atomic mass is 10.1. The van der Waals surface area contributed by atoms with Gasteiger partial charge in [0.1, 0.15) is 4.90 Å². The van der Waals surface area contributed by atoms with Gasteiger partial charge in [0.15, 0.2) is 9.84 Å². The van der Waals surface area contributed by atoms with E-state index in [9.17, 15) is 17.6 Å². The minimum atomic E-state index is -4.00. The molecule has 0 aliphatic heterocycles. The lowest BCUT2D eigenvalue weighted by Gasteiger charge is -2.16. The molecule has 0 aromatic carbocycles. The first-order valence-corrected chi connectivity index (χ1v) is 7.48. The summed E-state index contributed by atoms with van der Waals surface area (Å²) in [5, 5.41) is 7.97. The van der Waals surface area contributed by atoms with Crippen LogP contribution in [0.4, 0.5) is 4.39 Å². The number of carbonyl (C=O) groups is 1. The van der Waals surface area contributed by atoms with Crippen LogP contribution in [-0.4, -0.2) is 29.7 Å². The maximum atomic E-state index is 13.7. The van der Waals surface area contributed by atoms with Crippen molar-refractivity contribution in [2.45, 2.75) is 36.3 Å². The zero-order valence-electron chi connectivity index (χ0n) is 10.3. The minimum absolute atomic E-state index is 0.243. The van der Waals surface area contributed by atoms with Crippen LogP contribution in [0.5, 0.6) is 0 Å². The molecule has 1 heterocycles. The third kappa shape index (κ3) is 2.47. The SMILES string of the molecule is Cc1ccc(S(=O)(=O)[C@H]2CCC[C@@H]2C(=O)O)c(F)n1. The highest BCUT2D eigenvalue weighted by molar-refractivity contribution is 7.92. The summed E-state index contributed by atoms with van der Waals surface area (Å²) >= 11 is 0. The van der Waals surface area contributed by atoms with Crippen LogP contribution in [0.3, 0.4) is 0 Å². The van der Waals surface area contributed by atoms with Gasteiger partial charge < -0.3 is 5.11 Å². The molecular formula is C12H14FNO4S. The molecule has 0 spiro atoms. The molecule has 5 nitrogen and oxygen atoms in total. The first-order valence-electron chi connectivity index (χ1n) is 5.94. The normalized spacial score (nSPS) is 23.5. The molecule has 1 aromatic rings. The second kappa shape index (κ2) is 4.88. The predicted octanol–water partition coefficient (Wildman–Crippen LogP) is 1.56. The summed E-state index contributed by atoms with van der Waals surface area (Å²) in [7, 11) is -4.00. The second-order valence-corrected chi connectivity index (χ2v) is 6.84. The van der Waals surface area contributed by atoms with Crippen molar-refractivity contribution in [3.8, 4) is 0 Å². The molecular weight excluding hydrogens is 273 g/mol. The maximum Gasteiger partial charge on any atom is 0.307 e. The molecule has 1 aliphatic rings. The summed E-state index contributed by atoms with van der Waals surface area (Å²) in [4.78, 5) is 14.0. The summed E-state index contributed by atoms with van der Waals surface area (Å²) in [6, 6.07) is 2.56. The van der Waals surface area contributed by atoms with Gasteiger partial charge in [-0.15, -0.1) is 0 Å². The van der Waals surface area contributed by atoms with Gasteiger partial charge >= 0.3 is 5.97 Å². The van der Waals surface area contributed by atoms with E-state index >= 15 is 0 Å². The third-order valence-corrected chi connectivity index (χ3v) is 5.71. The van der Waals surface area contributed by atoms with Crippen molar-refractivity contribution in [3.63, 3.8) is 0 Å². The fourth-order valence-electron chi connectivity index (χ4n) is 2.47. The van der Waals surface area contributed by atoms with Gasteiger partial charge in [0, 0.05) is 5.69 Å². The summed E-state index contributed by atoms with van der Waals surface area (Å²) < 4.78 is 38.4. The molecule has 1 fully saturated rings. The third-order valence-electron chi connectivity index (χ3n) is 3.43. The lowest BCUT2D eigenvalue weighted by Crippen LogP contribution is -2.31. The van der Waals surface area contributed by atoms with Gasteiger partial charge in [-0.2, -0.15) is 4.39 Å². The number of hydrogen-bond donors (Lipinski definition) is 1. The molecule has 2 atom stereocenters. The molecule has 1 N–H and O–H groups in total. The van der Waals surface area contributed by atoms with Crippen LogP contribution in [0, 0.1) is 18.8 Å². The first kappa shape index (κ1) is 13.9. The van der Waals surface area contributed by atoms with Gasteiger partial charge in [-0.05, 0) is 31.9 Å². The van der Waals surface area contributed by atoms with Crippen molar-refractivity contribution in [3.05, 3.63) is 23.8 Å². The predicted molar refractivity (Wildman–Crippen MR) is 64.9 cm³/mol. The lowest BCUT2D eigenvalue weighted by molar-refractivity contribution is -0.141. The molecule has 1 aromatic heterocycles. The number of pyridine rings is 1. The van der Waals surface area contributed by atoms with E-state index in [1.54, 1.807) is 6.92 Å². The van der Waals surface area contributed by atoms with E-state index in [-0.39, 0.29) is 6.42 Å². The topological polar surface area (TPSA) is 84.3 Å². The van der Waals surface area contributed by atoms with E-state index in [1.165, 1.54) is 6.07 Å². The van der Waals surface area contributed by atoms with E-state index in [4.69, 9.17) is 5.11 Å². The summed E-state index contributed by atoms with van der Waals surface area (Å²) in [5.74, 6) is -3.17. The number of carboxylic acid groups (broad SMARTS) is 1. The zero-order valence-corrected chi connectivity index (χ0v) is 11.2. The molecule has 7 heteroatoms. The van der Waals surface area contributed by atoms with E-state index in [2.05, 4.69) is 4.98 Å². The van der Waals surface area contributed by atoms with E-state index < -0.39 is 37.8 Å². The van der Waals surface area contributed by atoms with Crippen molar-refractivity contribution in [2.75, 3.05) is 0 Å². The number of rotatable bonds is 3. The van der Waals surface area contributed by atoms with Gasteiger partial charge in [-0.25, -0.2) is 13.4 Å². The molecule has 104 valence electrons. The van der Waals surface area contributed by atoms with Crippen LogP contribution in [0.15, 0.2) is 17.0 Å². The maximum absolute atomic E-state index is 13.7. The molecule has 0 bridgehead atoms. The van der Waals surface area contributed by atoms with Gasteiger partial charge in [0.05, 0.1) is 11.2 Å². The monoisotopic (exact) mass is 287 g/mol. The first-order chi connectivity index (χ1) is 8.84. The van der Waals surface area contributed by atoms with Gasteiger partial charge in [-0.1, -0.05) is 6.42 Å². The summed E-state index contributed by atoms with van der Waals surface area (Å²) in [5.41, 5.74) is 0.373. The van der Waals surface area contributed by atoms with Crippen molar-refractivity contribution in [1.82, 2.24) is 4.98 Å². The number of aromatic nitrogens is 1. The Bertz CT molecular complexity index is 614. The number of carboxylic acids is 1. The average molecular weight is 287 g/mol. The minimum Gasteiger partial charge on any atom is -0.481 e. The summed E-state index contributed by atoms with van der Waals surface area (Å²) in [6.07, 6.45) is 1.06. The van der Waals surface area contributed by atoms with Crippen molar-refractivity contribution >= 4 is 15.8 Å². The Kier molecular flexibility index (Phi) is 3.58. The van der Waals surface area contributed by atoms with Crippen LogP contribution in [-0.2, 0) is 14.6 Å². The Morgan fingerprint density at radius 3 is 2.68 bits per heavy atom. The van der Waals surface area contributed by atoms with Crippen molar-refractivity contribution < 1.29 is 22.7 Å². The zero-order chi connectivity index (χ0) is 14.2. The number of aliphatic carboxylic acids is 1. The largest absolute Gasteiger partial charge is 0.481 e. The molecule has 1 saturated carbocycles. The van der Waals surface area contributed by atoms with Crippen molar-refractivity contribution in [1.29, 1.82) is 0 Å². The molecule has 19 heavy (non-hydrogen) atoms. The Labute approximate surface area is 110 Å². The van der Waals surface area contributed by atoms with Gasteiger partial charge in [-0.3, -0.25) is 4.79 Å². The molecule has 1 aliphatic carbocycles. The molecule has 0 unspecified atom stereocenters. The Morgan fingerprint density at radius 2 is 2.11 bits per heavy atom. The van der Waals surface area contributed by atoms with Gasteiger partial charge in [0.25, 0.3) is 0 Å². The van der Waals surface area contributed by atoms with Crippen LogP contribution in [0.1, 0.15) is 25.0 Å². The molecule has 0 amide bonds. The molecule has 0 radical (unpaired) electrons. The fraction of sp³-hybridized carbons (Fsp3) is 0.500. The number of sulfone groups is 1. The highest BCUT2D eigenvalue weighted by atomic mass is 32.2. The van der Waals surface area contributed by atoms with Crippen LogP contribution in [0.25, 0.3) is 0 Å². The van der Waals surface area contributed by atoms with Crippen LogP contribution < -0.4 is 0 Å². The number of aryl methyl sites for hydroxylation is 1. The number of hydrogen-bond acceptors (Lipinski definition) is 4. The number of nitrogens with zero attached hydrogens (tertiary/aromatic N) is 1. The van der Waals surface area contributed by atoms with E-state index in [1.807, 2.05) is 0 Å². The smallest absolute Gasteiger partial charge is 0.307 e. The van der Waals surface area contributed by atoms with Crippen molar-refractivity contribution in [2.24, 2.45) is 5.92 Å². The second-order valence-electron chi connectivity index (χ2n) is 4.70. The van der Waals surface area contributed by atoms with E-state index in [0.29, 0.717) is 18.5 Å². The van der Waals surface area contributed by atoms with E-state index in [0.717, 1.165) is 6.07 Å². The molecule has 2 rings (SSSR count). The highest BCUT2D eigenvalue weighted by Crippen LogP contribution is 2.35. The highest BCUT2D eigenvalue weighted by Gasteiger charge is 2.43. The van der Waals surface area contributed by atoms with Crippen LogP contribution in [0.2, 0.25) is 0 Å². The standard InChI is InChI=1S/C12H14FNO4S/c1-7-5-6-10(11(13)14-7)19(17,18)9-4-2-3-8(9)12(15)16/h5-6,8-9H,2-4H2,1H3,(H,15,16)/t8-,9-/m0/s1. The Balaban J connectivity index is 2.45. The van der Waals surface area contributed by atoms with Crippen LogP contribution >= 0.6 is 0 Å². The number of halogens is 1. The quantitative estimate of drug-likeness (QED) is 0.853. The molecule has 0 saturated heterocycles. The Morgan fingerprint density at radius 1 is 1.42 bits per heavy atom. The average Bonchev–Trinajstić information content (AvgIpc) is 2.77. The van der Waals surface area contributed by atoms with Gasteiger partial charge in [0.2, 0.25) is 5.95 Å². The summed E-state index contributed by atoms with van der Waals surface area (Å²) in [6.45, 7) is 1.55. The fourth-order valence-corrected chi connectivity index (χ4v) is 4.49.